The van der Waals surface area contributed by atoms with Crippen LogP contribution in [0.2, 0.25) is 0 Å². The van der Waals surface area contributed by atoms with Crippen LogP contribution in [0.3, 0.4) is 0 Å². The first-order valence-corrected chi connectivity index (χ1v) is 8.49. The van der Waals surface area contributed by atoms with Crippen molar-refractivity contribution in [3.63, 3.8) is 0 Å². The second-order valence-corrected chi connectivity index (χ2v) is 6.43. The van der Waals surface area contributed by atoms with E-state index >= 15 is 0 Å². The minimum absolute atomic E-state index is 0. The van der Waals surface area contributed by atoms with Crippen molar-refractivity contribution in [2.24, 2.45) is 12.8 Å². The average molecular weight is 433 g/mol. The number of hydrogen-bond acceptors (Lipinski definition) is 5. The first kappa shape index (κ1) is 21.1. The fraction of sp³-hybridized carbons (Fsp3) is 0.105. The quantitative estimate of drug-likeness (QED) is 0.511. The Hall–Kier alpha value is -3.66. The summed E-state index contributed by atoms with van der Waals surface area (Å²) in [7, 11) is 1.56. The molecule has 8 nitrogen and oxygen atoms in total. The predicted molar refractivity (Wildman–Crippen MR) is 107 cm³/mol. The van der Waals surface area contributed by atoms with Gasteiger partial charge >= 0.3 is 0 Å². The third-order valence-corrected chi connectivity index (χ3v) is 4.33. The number of nitrogens with one attached hydrogen (secondary N) is 1. The molecule has 0 spiro atoms. The number of rotatable bonds is 4. The summed E-state index contributed by atoms with van der Waals surface area (Å²) in [5.41, 5.74) is 6.26. The van der Waals surface area contributed by atoms with Crippen LogP contribution in [0.5, 0.6) is 0 Å². The van der Waals surface area contributed by atoms with E-state index in [0.29, 0.717) is 22.6 Å². The Bertz CT molecular complexity index is 1300. The second kappa shape index (κ2) is 7.99. The zero-order chi connectivity index (χ0) is 20.7. The van der Waals surface area contributed by atoms with Crippen molar-refractivity contribution in [2.45, 2.75) is 6.42 Å². The lowest BCUT2D eigenvalue weighted by atomic mass is 10.1. The molecule has 3 aromatic heterocycles. The maximum atomic E-state index is 13.4. The van der Waals surface area contributed by atoms with Gasteiger partial charge in [-0.05, 0) is 23.8 Å². The van der Waals surface area contributed by atoms with Crippen LogP contribution in [0, 0.1) is 11.6 Å². The molecule has 0 saturated carbocycles. The number of aromatic amines is 1. The van der Waals surface area contributed by atoms with Crippen LogP contribution in [0.1, 0.15) is 21.9 Å². The van der Waals surface area contributed by atoms with Gasteiger partial charge in [0.25, 0.3) is 11.5 Å². The van der Waals surface area contributed by atoms with Gasteiger partial charge < -0.3 is 10.7 Å². The van der Waals surface area contributed by atoms with E-state index < -0.39 is 23.1 Å². The van der Waals surface area contributed by atoms with Gasteiger partial charge in [-0.2, -0.15) is 5.10 Å². The van der Waals surface area contributed by atoms with E-state index in [-0.39, 0.29) is 35.6 Å². The highest BCUT2D eigenvalue weighted by Gasteiger charge is 2.19. The molecule has 11 heteroatoms. The third-order valence-electron chi connectivity index (χ3n) is 4.33. The Morgan fingerprint density at radius 3 is 2.50 bits per heavy atom. The number of pyridine rings is 1. The fourth-order valence-corrected chi connectivity index (χ4v) is 3.05. The lowest BCUT2D eigenvalue weighted by molar-refractivity contribution is 0.0996. The molecule has 30 heavy (non-hydrogen) atoms. The maximum absolute atomic E-state index is 13.4. The van der Waals surface area contributed by atoms with Crippen molar-refractivity contribution >= 4 is 29.3 Å². The number of carbonyl (C=O) groups is 1. The Kier molecular flexibility index (Phi) is 5.61. The molecule has 154 valence electrons. The molecule has 0 aliphatic rings. The second-order valence-electron chi connectivity index (χ2n) is 6.43. The normalized spacial score (nSPS) is 10.8. The van der Waals surface area contributed by atoms with Crippen molar-refractivity contribution in [1.29, 1.82) is 0 Å². The summed E-state index contributed by atoms with van der Waals surface area (Å²) in [4.78, 5) is 35.0. The number of benzene rings is 1. The van der Waals surface area contributed by atoms with E-state index in [4.69, 9.17) is 5.73 Å². The number of aryl methyl sites for hydroxylation is 1. The number of primary amides is 1. The van der Waals surface area contributed by atoms with E-state index in [9.17, 15) is 18.4 Å². The minimum atomic E-state index is -0.816. The Balaban J connectivity index is 0.00000256. The molecule has 4 aromatic rings. The number of amides is 1. The first-order valence-electron chi connectivity index (χ1n) is 8.49. The summed E-state index contributed by atoms with van der Waals surface area (Å²) in [6.07, 6.45) is 1.77. The van der Waals surface area contributed by atoms with Crippen LogP contribution in [-0.2, 0) is 13.5 Å². The Labute approximate surface area is 174 Å². The monoisotopic (exact) mass is 432 g/mol. The van der Waals surface area contributed by atoms with Crippen molar-refractivity contribution in [3.05, 3.63) is 75.6 Å². The molecular weight excluding hydrogens is 418 g/mol. The highest BCUT2D eigenvalue weighted by Crippen LogP contribution is 2.20. The molecule has 0 atom stereocenters. The van der Waals surface area contributed by atoms with Crippen LogP contribution in [-0.4, -0.2) is 30.6 Å². The summed E-state index contributed by atoms with van der Waals surface area (Å²) in [6, 6.07) is 6.51. The van der Waals surface area contributed by atoms with Gasteiger partial charge in [0.2, 0.25) is 0 Å². The number of H-pyrrole nitrogens is 1. The molecule has 4 rings (SSSR count). The zero-order valence-electron chi connectivity index (χ0n) is 15.5. The molecule has 0 bridgehead atoms. The Morgan fingerprint density at radius 1 is 1.20 bits per heavy atom. The van der Waals surface area contributed by atoms with E-state index in [2.05, 4.69) is 20.1 Å². The smallest absolute Gasteiger partial charge is 0.270 e. The van der Waals surface area contributed by atoms with Gasteiger partial charge in [-0.3, -0.25) is 14.6 Å². The number of halogens is 3. The summed E-state index contributed by atoms with van der Waals surface area (Å²) >= 11 is 0. The van der Waals surface area contributed by atoms with Crippen LogP contribution in [0.15, 0.2) is 41.3 Å². The largest absolute Gasteiger partial charge is 0.364 e. The molecule has 0 aliphatic heterocycles. The van der Waals surface area contributed by atoms with Crippen LogP contribution in [0.4, 0.5) is 8.78 Å². The number of aromatic nitrogens is 5. The van der Waals surface area contributed by atoms with Crippen LogP contribution >= 0.6 is 12.4 Å². The lowest BCUT2D eigenvalue weighted by Gasteiger charge is -2.05. The topological polar surface area (TPSA) is 120 Å². The molecule has 1 amide bonds. The van der Waals surface area contributed by atoms with Crippen LogP contribution < -0.4 is 11.3 Å². The van der Waals surface area contributed by atoms with Crippen molar-refractivity contribution in [3.8, 4) is 11.3 Å². The highest BCUT2D eigenvalue weighted by atomic mass is 35.5. The standard InChI is InChI=1S/C19H14F2N6O2.ClH/c1-27-18-15(16(26-27)17(22)28)19(29)25-14(24-18)4-9-2-3-13(23-8-9)10-5-11(20)7-12(21)6-10;/h2-3,5-8H,4H2,1H3,(H2,22,28)(H,24,25,29);1H. The van der Waals surface area contributed by atoms with Crippen molar-refractivity contribution < 1.29 is 13.6 Å². The average Bonchev–Trinajstić information content (AvgIpc) is 2.99. The first-order chi connectivity index (χ1) is 13.8. The Morgan fingerprint density at radius 2 is 1.90 bits per heavy atom. The molecule has 1 aromatic carbocycles. The number of hydrogen-bond donors (Lipinski definition) is 2. The van der Waals surface area contributed by atoms with Gasteiger partial charge in [-0.1, -0.05) is 6.07 Å². The van der Waals surface area contributed by atoms with E-state index in [0.717, 1.165) is 6.07 Å². The number of nitrogens with zero attached hydrogens (tertiary/aromatic N) is 4. The van der Waals surface area contributed by atoms with E-state index in [1.165, 1.54) is 23.0 Å². The summed E-state index contributed by atoms with van der Waals surface area (Å²) in [6.45, 7) is 0. The SMILES string of the molecule is Cl.Cn1nc(C(N)=O)c2c(=O)[nH]c(Cc3ccc(-c4cc(F)cc(F)c4)nc3)nc21. The van der Waals surface area contributed by atoms with Gasteiger partial charge in [-0.15, -0.1) is 12.4 Å². The highest BCUT2D eigenvalue weighted by molar-refractivity contribution is 6.02. The molecule has 3 heterocycles. The summed E-state index contributed by atoms with van der Waals surface area (Å²) < 4.78 is 28.1. The van der Waals surface area contributed by atoms with Gasteiger partial charge in [0.05, 0.1) is 5.69 Å². The summed E-state index contributed by atoms with van der Waals surface area (Å²) in [5, 5.41) is 3.98. The fourth-order valence-electron chi connectivity index (χ4n) is 3.05. The lowest BCUT2D eigenvalue weighted by Crippen LogP contribution is -2.17. The number of carbonyl (C=O) groups excluding carboxylic acids is 1. The van der Waals surface area contributed by atoms with Crippen molar-refractivity contribution in [1.82, 2.24) is 24.7 Å². The summed E-state index contributed by atoms with van der Waals surface area (Å²) in [5.74, 6) is -1.85. The molecule has 3 N–H and O–H groups in total. The van der Waals surface area contributed by atoms with Crippen molar-refractivity contribution in [2.75, 3.05) is 0 Å². The molecular formula is C19H15ClF2N6O2. The third kappa shape index (κ3) is 3.90. The van der Waals surface area contributed by atoms with E-state index in [1.807, 2.05) is 0 Å². The number of fused-ring (bicyclic) bond motifs is 1. The zero-order valence-corrected chi connectivity index (χ0v) is 16.3. The maximum Gasteiger partial charge on any atom is 0.270 e. The van der Waals surface area contributed by atoms with Gasteiger partial charge in [0.15, 0.2) is 11.3 Å². The molecule has 0 saturated heterocycles. The minimum Gasteiger partial charge on any atom is -0.364 e. The molecule has 0 radical (unpaired) electrons. The molecule has 0 unspecified atom stereocenters. The molecule has 0 aliphatic carbocycles. The van der Waals surface area contributed by atoms with Gasteiger partial charge in [-0.25, -0.2) is 18.4 Å². The van der Waals surface area contributed by atoms with Gasteiger partial charge in [0, 0.05) is 31.3 Å². The molecule has 0 fully saturated rings. The predicted octanol–water partition coefficient (Wildman–Crippen LogP) is 2.11. The number of nitrogens with two attached hydrogens (primary N) is 1. The van der Waals surface area contributed by atoms with Gasteiger partial charge in [0.1, 0.15) is 22.8 Å². The van der Waals surface area contributed by atoms with E-state index in [1.54, 1.807) is 19.2 Å². The van der Waals surface area contributed by atoms with Crippen LogP contribution in [0.25, 0.3) is 22.3 Å².